The maximum Gasteiger partial charge on any atom is 0.270 e. The third-order valence-corrected chi connectivity index (χ3v) is 3.91. The van der Waals surface area contributed by atoms with E-state index in [0.717, 1.165) is 15.2 Å². The number of hydrogen-bond acceptors (Lipinski definition) is 3. The first-order chi connectivity index (χ1) is 9.24. The summed E-state index contributed by atoms with van der Waals surface area (Å²) in [6.45, 7) is 0.525. The van der Waals surface area contributed by atoms with Crippen LogP contribution in [0.4, 0.5) is 0 Å². The van der Waals surface area contributed by atoms with Crippen LogP contribution >= 0.6 is 11.3 Å². The molecule has 0 saturated heterocycles. The number of para-hydroxylation sites is 1. The molecule has 0 bridgehead atoms. The second-order valence-electron chi connectivity index (χ2n) is 4.32. The fraction of sp³-hybridized carbons (Fsp3) is 0.143. The topological polar surface area (TPSA) is 49.0 Å². The molecular formula is C14H13N3OS. The summed E-state index contributed by atoms with van der Waals surface area (Å²) >= 11 is 1.63. The molecule has 3 aromatic rings. The molecule has 4 nitrogen and oxygen atoms in total. The van der Waals surface area contributed by atoms with Gasteiger partial charge in [0.2, 0.25) is 0 Å². The predicted molar refractivity (Wildman–Crippen MR) is 76.2 cm³/mol. The zero-order valence-electron chi connectivity index (χ0n) is 10.5. The lowest BCUT2D eigenvalue weighted by Gasteiger charge is -2.14. The normalized spacial score (nSPS) is 10.8. The summed E-state index contributed by atoms with van der Waals surface area (Å²) in [5.41, 5.74) is 1.59. The van der Waals surface area contributed by atoms with Crippen LogP contribution in [0.3, 0.4) is 0 Å². The molecule has 0 fully saturated rings. The van der Waals surface area contributed by atoms with Gasteiger partial charge in [0.25, 0.3) is 5.91 Å². The van der Waals surface area contributed by atoms with Gasteiger partial charge < -0.3 is 9.88 Å². The molecule has 1 N–H and O–H groups in total. The van der Waals surface area contributed by atoms with Gasteiger partial charge in [-0.1, -0.05) is 12.1 Å². The number of thiazole rings is 1. The van der Waals surface area contributed by atoms with Crippen molar-refractivity contribution in [3.63, 3.8) is 0 Å². The first-order valence-electron chi connectivity index (χ1n) is 5.97. The highest BCUT2D eigenvalue weighted by atomic mass is 32.1. The lowest BCUT2D eigenvalue weighted by Crippen LogP contribution is -2.26. The largest absolute Gasteiger partial charge is 0.357 e. The number of hydrogen-bond donors (Lipinski definition) is 1. The first kappa shape index (κ1) is 11.9. The van der Waals surface area contributed by atoms with Crippen molar-refractivity contribution in [2.75, 3.05) is 7.05 Å². The monoisotopic (exact) mass is 271 g/mol. The second-order valence-corrected chi connectivity index (χ2v) is 5.44. The minimum absolute atomic E-state index is 0.0238. The number of aromatic amines is 1. The van der Waals surface area contributed by atoms with E-state index in [1.807, 2.05) is 30.3 Å². The van der Waals surface area contributed by atoms with E-state index in [1.54, 1.807) is 35.5 Å². The first-order valence-corrected chi connectivity index (χ1v) is 6.79. The van der Waals surface area contributed by atoms with Crippen LogP contribution in [0.15, 0.2) is 42.6 Å². The van der Waals surface area contributed by atoms with Crippen LogP contribution in [-0.2, 0) is 6.54 Å². The number of H-pyrrole nitrogens is 1. The number of carbonyl (C=O) groups is 1. The van der Waals surface area contributed by atoms with Crippen LogP contribution in [0.25, 0.3) is 10.2 Å². The molecule has 2 heterocycles. The number of benzene rings is 1. The van der Waals surface area contributed by atoms with Gasteiger partial charge >= 0.3 is 0 Å². The maximum absolute atomic E-state index is 12.1. The van der Waals surface area contributed by atoms with Crippen LogP contribution in [0.2, 0.25) is 0 Å². The summed E-state index contributed by atoms with van der Waals surface area (Å²) < 4.78 is 1.15. The van der Waals surface area contributed by atoms with E-state index in [9.17, 15) is 4.79 Å². The lowest BCUT2D eigenvalue weighted by molar-refractivity contribution is 0.0780. The van der Waals surface area contributed by atoms with Gasteiger partial charge in [-0.15, -0.1) is 11.3 Å². The number of rotatable bonds is 3. The number of nitrogens with zero attached hydrogens (tertiary/aromatic N) is 2. The minimum atomic E-state index is -0.0238. The van der Waals surface area contributed by atoms with Crippen molar-refractivity contribution < 1.29 is 4.79 Å². The molecule has 3 rings (SSSR count). The maximum atomic E-state index is 12.1. The van der Waals surface area contributed by atoms with Gasteiger partial charge in [-0.25, -0.2) is 4.98 Å². The fourth-order valence-corrected chi connectivity index (χ4v) is 2.95. The molecule has 0 atom stereocenters. The van der Waals surface area contributed by atoms with Gasteiger partial charge in [-0.3, -0.25) is 4.79 Å². The van der Waals surface area contributed by atoms with Crippen LogP contribution in [-0.4, -0.2) is 27.8 Å². The number of carbonyl (C=O) groups excluding carboxylic acids is 1. The van der Waals surface area contributed by atoms with Crippen LogP contribution < -0.4 is 0 Å². The molecular weight excluding hydrogens is 258 g/mol. The van der Waals surface area contributed by atoms with Crippen molar-refractivity contribution in [1.82, 2.24) is 14.9 Å². The SMILES string of the molecule is CN(Cc1nc2ccccc2s1)C(=O)c1ccc[nH]1. The Bertz CT molecular complexity index is 669. The summed E-state index contributed by atoms with van der Waals surface area (Å²) in [5.74, 6) is -0.0238. The van der Waals surface area contributed by atoms with Crippen molar-refractivity contribution in [2.45, 2.75) is 6.54 Å². The molecule has 2 aromatic heterocycles. The summed E-state index contributed by atoms with van der Waals surface area (Å²) in [5, 5.41) is 0.948. The Balaban J connectivity index is 1.79. The Hall–Kier alpha value is -2.14. The molecule has 5 heteroatoms. The average molecular weight is 271 g/mol. The van der Waals surface area contributed by atoms with Gasteiger partial charge in [0.1, 0.15) is 10.7 Å². The van der Waals surface area contributed by atoms with E-state index < -0.39 is 0 Å². The molecule has 1 amide bonds. The van der Waals surface area contributed by atoms with Gasteiger partial charge in [0, 0.05) is 13.2 Å². The molecule has 1 aromatic carbocycles. The molecule has 0 saturated carbocycles. The Morgan fingerprint density at radius 1 is 1.32 bits per heavy atom. The molecule has 0 aliphatic heterocycles. The Morgan fingerprint density at radius 2 is 2.16 bits per heavy atom. The molecule has 0 aliphatic carbocycles. The fourth-order valence-electron chi connectivity index (χ4n) is 1.93. The van der Waals surface area contributed by atoms with Crippen LogP contribution in [0.5, 0.6) is 0 Å². The summed E-state index contributed by atoms with van der Waals surface area (Å²) in [4.78, 5) is 21.2. The van der Waals surface area contributed by atoms with Crippen molar-refractivity contribution in [2.24, 2.45) is 0 Å². The predicted octanol–water partition coefficient (Wildman–Crippen LogP) is 2.90. The van der Waals surface area contributed by atoms with E-state index in [2.05, 4.69) is 9.97 Å². The van der Waals surface area contributed by atoms with Crippen LogP contribution in [0.1, 0.15) is 15.5 Å². The molecule has 0 radical (unpaired) electrons. The number of fused-ring (bicyclic) bond motifs is 1. The summed E-state index contributed by atoms with van der Waals surface area (Å²) in [7, 11) is 1.79. The quantitative estimate of drug-likeness (QED) is 0.796. The number of aromatic nitrogens is 2. The Kier molecular flexibility index (Phi) is 3.05. The second kappa shape index (κ2) is 4.85. The van der Waals surface area contributed by atoms with E-state index in [4.69, 9.17) is 0 Å². The van der Waals surface area contributed by atoms with Gasteiger partial charge in [0.05, 0.1) is 16.8 Å². The molecule has 96 valence electrons. The lowest BCUT2D eigenvalue weighted by atomic mass is 10.3. The van der Waals surface area contributed by atoms with E-state index in [0.29, 0.717) is 12.2 Å². The summed E-state index contributed by atoms with van der Waals surface area (Å²) in [6, 6.07) is 11.6. The van der Waals surface area contributed by atoms with Gasteiger partial charge in [-0.2, -0.15) is 0 Å². The van der Waals surface area contributed by atoms with Crippen molar-refractivity contribution in [3.8, 4) is 0 Å². The zero-order chi connectivity index (χ0) is 13.2. The van der Waals surface area contributed by atoms with E-state index in [-0.39, 0.29) is 5.91 Å². The molecule has 19 heavy (non-hydrogen) atoms. The third-order valence-electron chi connectivity index (χ3n) is 2.89. The third kappa shape index (κ3) is 2.37. The average Bonchev–Trinajstić information content (AvgIpc) is 3.06. The van der Waals surface area contributed by atoms with E-state index in [1.165, 1.54) is 0 Å². The molecule has 0 unspecified atom stereocenters. The minimum Gasteiger partial charge on any atom is -0.357 e. The van der Waals surface area contributed by atoms with Gasteiger partial charge in [0.15, 0.2) is 0 Å². The highest BCUT2D eigenvalue weighted by Gasteiger charge is 2.14. The molecule has 0 aliphatic rings. The standard InChI is InChI=1S/C14H13N3OS/c1-17(14(18)11-6-4-8-15-11)9-13-16-10-5-2-3-7-12(10)19-13/h2-8,15H,9H2,1H3. The highest BCUT2D eigenvalue weighted by molar-refractivity contribution is 7.18. The number of amides is 1. The van der Waals surface area contributed by atoms with Crippen molar-refractivity contribution >= 4 is 27.5 Å². The zero-order valence-corrected chi connectivity index (χ0v) is 11.3. The Morgan fingerprint density at radius 3 is 2.89 bits per heavy atom. The molecule has 0 spiro atoms. The number of nitrogens with one attached hydrogen (secondary N) is 1. The van der Waals surface area contributed by atoms with Crippen LogP contribution in [0, 0.1) is 0 Å². The Labute approximate surface area is 114 Å². The van der Waals surface area contributed by atoms with E-state index >= 15 is 0 Å². The van der Waals surface area contributed by atoms with Crippen molar-refractivity contribution in [1.29, 1.82) is 0 Å². The highest BCUT2D eigenvalue weighted by Crippen LogP contribution is 2.22. The summed E-state index contributed by atoms with van der Waals surface area (Å²) in [6.07, 6.45) is 1.75. The van der Waals surface area contributed by atoms with Gasteiger partial charge in [-0.05, 0) is 24.3 Å². The van der Waals surface area contributed by atoms with Crippen molar-refractivity contribution in [3.05, 3.63) is 53.3 Å². The smallest absolute Gasteiger partial charge is 0.270 e.